The van der Waals surface area contributed by atoms with E-state index in [4.69, 9.17) is 0 Å². The first-order valence-corrected chi connectivity index (χ1v) is 11.2. The molecule has 4 rings (SSSR count). The Balaban J connectivity index is 1.60. The zero-order valence-corrected chi connectivity index (χ0v) is 18.9. The van der Waals surface area contributed by atoms with E-state index in [1.54, 1.807) is 0 Å². The van der Waals surface area contributed by atoms with Gasteiger partial charge in [0.2, 0.25) is 0 Å². The van der Waals surface area contributed by atoms with Gasteiger partial charge in [0.15, 0.2) is 0 Å². The second-order valence-electron chi connectivity index (χ2n) is 8.83. The highest BCUT2D eigenvalue weighted by molar-refractivity contribution is 5.81. The molecule has 3 aromatic rings. The van der Waals surface area contributed by atoms with Crippen molar-refractivity contribution >= 4 is 17.5 Å². The number of nitrogens with zero attached hydrogens (tertiary/aromatic N) is 1. The molecule has 1 aliphatic rings. The maximum absolute atomic E-state index is 3.65. The quantitative estimate of drug-likeness (QED) is 0.458. The molecule has 158 valence electrons. The molecule has 0 amide bonds. The van der Waals surface area contributed by atoms with E-state index in [1.165, 1.54) is 28.0 Å². The van der Waals surface area contributed by atoms with Crippen molar-refractivity contribution in [2.24, 2.45) is 0 Å². The number of benzene rings is 3. The summed E-state index contributed by atoms with van der Waals surface area (Å²) in [6, 6.07) is 28.4. The van der Waals surface area contributed by atoms with Crippen molar-refractivity contribution in [3.63, 3.8) is 0 Å². The molecule has 3 aromatic carbocycles. The van der Waals surface area contributed by atoms with Crippen LogP contribution in [0, 0.1) is 0 Å². The SMILES string of the molecule is CC(C)c1ccc(C=CC2C=C(c3ccc(C(C)C)cc3)N(c3ccccc3)N2)cc1. The zero-order chi connectivity index (χ0) is 21.8. The van der Waals surface area contributed by atoms with Crippen LogP contribution in [-0.4, -0.2) is 6.04 Å². The lowest BCUT2D eigenvalue weighted by Gasteiger charge is -2.24. The van der Waals surface area contributed by atoms with Crippen LogP contribution in [0.15, 0.2) is 91.0 Å². The van der Waals surface area contributed by atoms with Crippen LogP contribution in [0.4, 0.5) is 5.69 Å². The molecular weight excluding hydrogens is 376 g/mol. The first-order chi connectivity index (χ1) is 15.0. The van der Waals surface area contributed by atoms with Gasteiger partial charge in [-0.15, -0.1) is 0 Å². The maximum atomic E-state index is 3.65. The molecule has 2 nitrogen and oxygen atoms in total. The van der Waals surface area contributed by atoms with E-state index in [9.17, 15) is 0 Å². The molecule has 2 heteroatoms. The largest absolute Gasteiger partial charge is 0.276 e. The Kier molecular flexibility index (Phi) is 6.39. The number of anilines is 1. The van der Waals surface area contributed by atoms with E-state index in [0.29, 0.717) is 11.8 Å². The third-order valence-electron chi connectivity index (χ3n) is 5.84. The van der Waals surface area contributed by atoms with Crippen molar-refractivity contribution in [2.75, 3.05) is 5.01 Å². The molecule has 1 aliphatic heterocycles. The summed E-state index contributed by atoms with van der Waals surface area (Å²) in [5, 5.41) is 2.20. The molecule has 1 atom stereocenters. The van der Waals surface area contributed by atoms with E-state index in [0.717, 1.165) is 5.69 Å². The van der Waals surface area contributed by atoms with E-state index in [-0.39, 0.29) is 6.04 Å². The normalized spacial score (nSPS) is 16.5. The van der Waals surface area contributed by atoms with Crippen molar-refractivity contribution in [2.45, 2.75) is 45.6 Å². The topological polar surface area (TPSA) is 15.3 Å². The number of nitrogens with one attached hydrogen (secondary N) is 1. The van der Waals surface area contributed by atoms with Gasteiger partial charge < -0.3 is 0 Å². The lowest BCUT2D eigenvalue weighted by Crippen LogP contribution is -2.35. The molecule has 31 heavy (non-hydrogen) atoms. The number of rotatable bonds is 6. The van der Waals surface area contributed by atoms with Gasteiger partial charge in [0.05, 0.1) is 17.4 Å². The van der Waals surface area contributed by atoms with E-state index < -0.39 is 0 Å². The van der Waals surface area contributed by atoms with E-state index >= 15 is 0 Å². The summed E-state index contributed by atoms with van der Waals surface area (Å²) >= 11 is 0. The summed E-state index contributed by atoms with van der Waals surface area (Å²) in [6.07, 6.45) is 6.73. The molecule has 0 aliphatic carbocycles. The minimum Gasteiger partial charge on any atom is -0.276 e. The molecule has 1 N–H and O–H groups in total. The fourth-order valence-electron chi connectivity index (χ4n) is 3.86. The third-order valence-corrected chi connectivity index (χ3v) is 5.84. The van der Waals surface area contributed by atoms with Crippen molar-refractivity contribution in [3.8, 4) is 0 Å². The first-order valence-electron chi connectivity index (χ1n) is 11.2. The minimum absolute atomic E-state index is 0.129. The Labute approximate surface area is 186 Å². The van der Waals surface area contributed by atoms with Gasteiger partial charge in [-0.1, -0.05) is 107 Å². The molecular formula is C29H32N2. The molecule has 0 saturated carbocycles. The highest BCUT2D eigenvalue weighted by Crippen LogP contribution is 2.30. The number of hydrazine groups is 1. The van der Waals surface area contributed by atoms with Crippen LogP contribution in [0.3, 0.4) is 0 Å². The third kappa shape index (κ3) is 4.98. The summed E-state index contributed by atoms with van der Waals surface area (Å²) in [5.41, 5.74) is 11.2. The number of hydrogen-bond acceptors (Lipinski definition) is 2. The molecule has 0 saturated heterocycles. The van der Waals surface area contributed by atoms with Gasteiger partial charge in [-0.2, -0.15) is 0 Å². The van der Waals surface area contributed by atoms with Crippen LogP contribution < -0.4 is 10.4 Å². The first kappa shape index (κ1) is 21.1. The molecule has 0 fully saturated rings. The Bertz CT molecular complexity index is 1040. The van der Waals surface area contributed by atoms with Crippen molar-refractivity contribution in [1.82, 2.24) is 5.43 Å². The van der Waals surface area contributed by atoms with Crippen LogP contribution in [0.1, 0.15) is 61.8 Å². The van der Waals surface area contributed by atoms with Gasteiger partial charge in [-0.25, -0.2) is 5.43 Å². The predicted molar refractivity (Wildman–Crippen MR) is 134 cm³/mol. The fourth-order valence-corrected chi connectivity index (χ4v) is 3.86. The highest BCUT2D eigenvalue weighted by atomic mass is 15.5. The van der Waals surface area contributed by atoms with Crippen LogP contribution >= 0.6 is 0 Å². The summed E-state index contributed by atoms with van der Waals surface area (Å²) in [6.45, 7) is 8.92. The smallest absolute Gasteiger partial charge is 0.0654 e. The monoisotopic (exact) mass is 408 g/mol. The van der Waals surface area contributed by atoms with Gasteiger partial charge in [-0.3, -0.25) is 5.01 Å². The average Bonchev–Trinajstić information content (AvgIpc) is 3.23. The molecule has 0 spiro atoms. The highest BCUT2D eigenvalue weighted by Gasteiger charge is 2.23. The number of para-hydroxylation sites is 1. The Morgan fingerprint density at radius 1 is 0.742 bits per heavy atom. The van der Waals surface area contributed by atoms with Crippen LogP contribution in [-0.2, 0) is 0 Å². The van der Waals surface area contributed by atoms with Crippen LogP contribution in [0.25, 0.3) is 11.8 Å². The van der Waals surface area contributed by atoms with Crippen molar-refractivity contribution < 1.29 is 0 Å². The zero-order valence-electron chi connectivity index (χ0n) is 18.9. The molecule has 0 bridgehead atoms. The number of hydrogen-bond donors (Lipinski definition) is 1. The van der Waals surface area contributed by atoms with Crippen molar-refractivity contribution in [3.05, 3.63) is 113 Å². The lowest BCUT2D eigenvalue weighted by atomic mass is 10.00. The molecule has 1 unspecified atom stereocenters. The average molecular weight is 409 g/mol. The summed E-state index contributed by atoms with van der Waals surface area (Å²) in [7, 11) is 0. The fraction of sp³-hybridized carbons (Fsp3) is 0.241. The van der Waals surface area contributed by atoms with E-state index in [1.807, 2.05) is 0 Å². The van der Waals surface area contributed by atoms with Crippen LogP contribution in [0.2, 0.25) is 0 Å². The van der Waals surface area contributed by atoms with Gasteiger partial charge in [-0.05, 0) is 52.3 Å². The molecule has 0 aromatic heterocycles. The summed E-state index contributed by atoms with van der Waals surface area (Å²) in [4.78, 5) is 0. The Morgan fingerprint density at radius 3 is 1.90 bits per heavy atom. The second kappa shape index (κ2) is 9.36. The summed E-state index contributed by atoms with van der Waals surface area (Å²) in [5.74, 6) is 1.09. The van der Waals surface area contributed by atoms with Crippen LogP contribution in [0.5, 0.6) is 0 Å². The lowest BCUT2D eigenvalue weighted by molar-refractivity contribution is 0.735. The summed E-state index contributed by atoms with van der Waals surface area (Å²) < 4.78 is 0. The van der Waals surface area contributed by atoms with Gasteiger partial charge in [0.1, 0.15) is 0 Å². The van der Waals surface area contributed by atoms with Gasteiger partial charge >= 0.3 is 0 Å². The Morgan fingerprint density at radius 2 is 1.32 bits per heavy atom. The standard InChI is InChI=1S/C29H32N2/c1-21(2)24-13-10-23(11-14-24)12-19-27-20-29(26-17-15-25(16-18-26)22(3)4)31(30-27)28-8-6-5-7-9-28/h5-22,27,30H,1-4H3. The second-order valence-corrected chi connectivity index (χ2v) is 8.83. The van der Waals surface area contributed by atoms with E-state index in [2.05, 4.69) is 135 Å². The maximum Gasteiger partial charge on any atom is 0.0654 e. The molecule has 0 radical (unpaired) electrons. The predicted octanol–water partition coefficient (Wildman–Crippen LogP) is 7.38. The van der Waals surface area contributed by atoms with Crippen molar-refractivity contribution in [1.29, 1.82) is 0 Å². The Hall–Kier alpha value is -3.10. The van der Waals surface area contributed by atoms with Gasteiger partial charge in [0, 0.05) is 0 Å². The molecule has 1 heterocycles. The minimum atomic E-state index is 0.129. The van der Waals surface area contributed by atoms with Gasteiger partial charge in [0.25, 0.3) is 0 Å².